The lowest BCUT2D eigenvalue weighted by Gasteiger charge is -2.44. The summed E-state index contributed by atoms with van der Waals surface area (Å²) in [5.41, 5.74) is 0. The number of ether oxygens (including phenoxy) is 2. The van der Waals surface area contributed by atoms with Gasteiger partial charge in [0.05, 0.1) is 12.2 Å². The third kappa shape index (κ3) is 6.56. The Bertz CT molecular complexity index is 620. The summed E-state index contributed by atoms with van der Waals surface area (Å²) in [6.45, 7) is 4.85. The molecule has 0 aromatic rings. The maximum atomic E-state index is 15.3. The van der Waals surface area contributed by atoms with E-state index in [1.165, 1.54) is 19.3 Å². The fourth-order valence-corrected chi connectivity index (χ4v) is 7.86. The molecule has 0 amide bonds. The van der Waals surface area contributed by atoms with Gasteiger partial charge in [0.15, 0.2) is 12.3 Å². The predicted octanol–water partition coefficient (Wildman–Crippen LogP) is 7.97. The lowest BCUT2D eigenvalue weighted by molar-refractivity contribution is -0.122. The summed E-state index contributed by atoms with van der Waals surface area (Å²) in [7, 11) is 0. The number of halogens is 4. The van der Waals surface area contributed by atoms with E-state index in [2.05, 4.69) is 6.92 Å². The molecule has 8 atom stereocenters. The molecule has 204 valence electrons. The molecular weight excluding hydrogens is 456 g/mol. The Kier molecular flexibility index (Phi) is 10.2. The molecule has 0 saturated heterocycles. The van der Waals surface area contributed by atoms with Gasteiger partial charge in [-0.15, -0.1) is 0 Å². The lowest BCUT2D eigenvalue weighted by Crippen LogP contribution is -2.47. The van der Waals surface area contributed by atoms with Crippen molar-refractivity contribution in [2.24, 2.45) is 35.5 Å². The Morgan fingerprint density at radius 1 is 0.514 bits per heavy atom. The molecule has 4 aliphatic rings. The Balaban J connectivity index is 1.19. The predicted molar refractivity (Wildman–Crippen MR) is 131 cm³/mol. The second-order valence-corrected chi connectivity index (χ2v) is 12.1. The van der Waals surface area contributed by atoms with E-state index in [0.29, 0.717) is 37.9 Å². The van der Waals surface area contributed by atoms with Crippen LogP contribution in [0.25, 0.3) is 0 Å². The highest BCUT2D eigenvalue weighted by atomic mass is 19.2. The van der Waals surface area contributed by atoms with Crippen LogP contribution in [0.5, 0.6) is 0 Å². The fourth-order valence-electron chi connectivity index (χ4n) is 7.86. The van der Waals surface area contributed by atoms with Crippen molar-refractivity contribution >= 4 is 0 Å². The van der Waals surface area contributed by atoms with E-state index in [-0.39, 0.29) is 17.8 Å². The van der Waals surface area contributed by atoms with E-state index in [0.717, 1.165) is 57.3 Å². The monoisotopic (exact) mass is 504 g/mol. The van der Waals surface area contributed by atoms with Gasteiger partial charge in [-0.2, -0.15) is 0 Å². The zero-order valence-corrected chi connectivity index (χ0v) is 21.9. The van der Waals surface area contributed by atoms with Crippen LogP contribution in [0.1, 0.15) is 97.3 Å². The van der Waals surface area contributed by atoms with Gasteiger partial charge in [-0.05, 0) is 107 Å². The summed E-state index contributed by atoms with van der Waals surface area (Å²) in [4.78, 5) is 0. The van der Waals surface area contributed by atoms with E-state index in [1.54, 1.807) is 6.92 Å². The maximum absolute atomic E-state index is 15.3. The maximum Gasteiger partial charge on any atom is 0.160 e. The van der Waals surface area contributed by atoms with Crippen LogP contribution in [0.2, 0.25) is 0 Å². The van der Waals surface area contributed by atoms with E-state index < -0.39 is 36.9 Å². The highest BCUT2D eigenvalue weighted by Crippen LogP contribution is 2.48. The first-order chi connectivity index (χ1) is 16.9. The third-order valence-electron chi connectivity index (χ3n) is 10.2. The quantitative estimate of drug-likeness (QED) is 0.312. The highest BCUT2D eigenvalue weighted by Gasteiger charge is 2.47. The second kappa shape index (κ2) is 12.9. The molecule has 0 aliphatic heterocycles. The van der Waals surface area contributed by atoms with Crippen LogP contribution in [-0.2, 0) is 9.47 Å². The number of rotatable bonds is 8. The topological polar surface area (TPSA) is 18.5 Å². The van der Waals surface area contributed by atoms with E-state index >= 15 is 8.78 Å². The minimum absolute atomic E-state index is 0.0883. The molecule has 0 aromatic heterocycles. The summed E-state index contributed by atoms with van der Waals surface area (Å²) < 4.78 is 70.6. The van der Waals surface area contributed by atoms with Gasteiger partial charge in [-0.25, -0.2) is 17.6 Å². The standard InChI is InChI=1S/C29H48F4O2/c1-3-18-5-9-20(10-6-18)22-13-14-23(27(31)26(22)30)21-11-7-19(8-12-21)17-35-25-16-15-24(34-4-2)28(32)29(25)33/h18-29H,3-17H2,1-2H3. The molecule has 4 rings (SSSR count). The van der Waals surface area contributed by atoms with Gasteiger partial charge < -0.3 is 9.47 Å². The molecule has 2 nitrogen and oxygen atoms in total. The number of alkyl halides is 4. The fraction of sp³-hybridized carbons (Fsp3) is 1.00. The Morgan fingerprint density at radius 2 is 0.971 bits per heavy atom. The SMILES string of the molecule is CCOC1CCC(OCC2CCC(C3CCC(C4CCC(CC)CC4)C(F)C3F)CC2)C(F)C1F. The molecule has 0 N–H and O–H groups in total. The second-order valence-electron chi connectivity index (χ2n) is 12.1. The van der Waals surface area contributed by atoms with Crippen molar-refractivity contribution in [2.45, 2.75) is 134 Å². The lowest BCUT2D eigenvalue weighted by atomic mass is 9.63. The molecule has 0 heterocycles. The largest absolute Gasteiger partial charge is 0.375 e. The van der Waals surface area contributed by atoms with Crippen molar-refractivity contribution in [1.29, 1.82) is 0 Å². The normalized spacial score (nSPS) is 47.5. The number of hydrogen-bond donors (Lipinski definition) is 0. The molecule has 4 fully saturated rings. The minimum Gasteiger partial charge on any atom is -0.375 e. The van der Waals surface area contributed by atoms with Crippen molar-refractivity contribution in [3.8, 4) is 0 Å². The summed E-state index contributed by atoms with van der Waals surface area (Å²) in [6.07, 6.45) is 4.63. The molecule has 6 heteroatoms. The van der Waals surface area contributed by atoms with Crippen LogP contribution < -0.4 is 0 Å². The molecule has 4 saturated carbocycles. The van der Waals surface area contributed by atoms with Gasteiger partial charge in [-0.3, -0.25) is 0 Å². The minimum atomic E-state index is -1.64. The average Bonchev–Trinajstić information content (AvgIpc) is 2.88. The first-order valence-corrected chi connectivity index (χ1v) is 14.7. The first-order valence-electron chi connectivity index (χ1n) is 14.7. The first kappa shape index (κ1) is 27.7. The van der Waals surface area contributed by atoms with Crippen LogP contribution in [0.3, 0.4) is 0 Å². The molecule has 35 heavy (non-hydrogen) atoms. The van der Waals surface area contributed by atoms with Crippen LogP contribution in [0.15, 0.2) is 0 Å². The molecule has 0 bridgehead atoms. The zero-order chi connectivity index (χ0) is 24.9. The van der Waals surface area contributed by atoms with Crippen LogP contribution in [-0.4, -0.2) is 50.1 Å². The van der Waals surface area contributed by atoms with Crippen molar-refractivity contribution in [1.82, 2.24) is 0 Å². The molecule has 0 aromatic carbocycles. The van der Waals surface area contributed by atoms with Gasteiger partial charge >= 0.3 is 0 Å². The van der Waals surface area contributed by atoms with Crippen molar-refractivity contribution in [3.63, 3.8) is 0 Å². The van der Waals surface area contributed by atoms with Gasteiger partial charge in [0, 0.05) is 13.2 Å². The van der Waals surface area contributed by atoms with Gasteiger partial charge in [-0.1, -0.05) is 26.2 Å². The Labute approximate surface area is 210 Å². The molecular formula is C29H48F4O2. The van der Waals surface area contributed by atoms with Crippen LogP contribution >= 0.6 is 0 Å². The zero-order valence-electron chi connectivity index (χ0n) is 21.9. The molecule has 0 radical (unpaired) electrons. The summed E-state index contributed by atoms with van der Waals surface area (Å²) >= 11 is 0. The third-order valence-corrected chi connectivity index (χ3v) is 10.2. The summed E-state index contributed by atoms with van der Waals surface area (Å²) in [6, 6.07) is 0. The number of hydrogen-bond acceptors (Lipinski definition) is 2. The van der Waals surface area contributed by atoms with Crippen LogP contribution in [0.4, 0.5) is 17.6 Å². The van der Waals surface area contributed by atoms with E-state index in [9.17, 15) is 8.78 Å². The van der Waals surface area contributed by atoms with Crippen molar-refractivity contribution < 1.29 is 27.0 Å². The average molecular weight is 505 g/mol. The smallest absolute Gasteiger partial charge is 0.160 e. The molecule has 0 spiro atoms. The van der Waals surface area contributed by atoms with Gasteiger partial charge in [0.25, 0.3) is 0 Å². The molecule has 4 aliphatic carbocycles. The van der Waals surface area contributed by atoms with Gasteiger partial charge in [0.2, 0.25) is 0 Å². The van der Waals surface area contributed by atoms with E-state index in [1.807, 2.05) is 0 Å². The van der Waals surface area contributed by atoms with Gasteiger partial charge in [0.1, 0.15) is 12.3 Å². The summed E-state index contributed by atoms with van der Waals surface area (Å²) in [5.74, 6) is 1.43. The van der Waals surface area contributed by atoms with Crippen molar-refractivity contribution in [3.05, 3.63) is 0 Å². The molecule has 8 unspecified atom stereocenters. The Morgan fingerprint density at radius 3 is 1.43 bits per heavy atom. The van der Waals surface area contributed by atoms with Crippen molar-refractivity contribution in [2.75, 3.05) is 13.2 Å². The Hall–Kier alpha value is -0.360. The summed E-state index contributed by atoms with van der Waals surface area (Å²) in [5, 5.41) is 0. The van der Waals surface area contributed by atoms with E-state index in [4.69, 9.17) is 9.47 Å². The highest BCUT2D eigenvalue weighted by molar-refractivity contribution is 4.95. The van der Waals surface area contributed by atoms with Crippen LogP contribution in [0, 0.1) is 35.5 Å².